The lowest BCUT2D eigenvalue weighted by Gasteiger charge is -2.01. The topological polar surface area (TPSA) is 43.4 Å². The molecule has 0 N–H and O–H groups in total. The maximum absolute atomic E-state index is 11.3. The van der Waals surface area contributed by atoms with E-state index in [9.17, 15) is 9.59 Å². The van der Waals surface area contributed by atoms with Crippen LogP contribution in [0.25, 0.3) is 0 Å². The summed E-state index contributed by atoms with van der Waals surface area (Å²) < 4.78 is 4.84. The van der Waals surface area contributed by atoms with E-state index in [0.29, 0.717) is 5.56 Å². The fourth-order valence-electron chi connectivity index (χ4n) is 0.824. The minimum atomic E-state index is -0.403. The molecule has 1 rings (SSSR count). The van der Waals surface area contributed by atoms with E-state index in [2.05, 4.69) is 0 Å². The molecule has 0 atom stereocenters. The lowest BCUT2D eigenvalue weighted by Crippen LogP contribution is -2.05. The third-order valence-corrected chi connectivity index (χ3v) is 2.10. The molecule has 4 heteroatoms. The first-order valence-electron chi connectivity index (χ1n) is 4.05. The van der Waals surface area contributed by atoms with E-state index in [-0.39, 0.29) is 11.1 Å². The summed E-state index contributed by atoms with van der Waals surface area (Å²) in [6, 6.07) is 8.67. The Morgan fingerprint density at radius 2 is 1.93 bits per heavy atom. The van der Waals surface area contributed by atoms with Crippen molar-refractivity contribution >= 4 is 22.8 Å². The highest BCUT2D eigenvalue weighted by Crippen LogP contribution is 2.05. The maximum Gasteiger partial charge on any atom is 0.338 e. The lowest BCUT2D eigenvalue weighted by molar-refractivity contribution is -0.109. The summed E-state index contributed by atoms with van der Waals surface area (Å²) in [4.78, 5) is 21.8. The molecule has 0 aliphatic carbocycles. The van der Waals surface area contributed by atoms with Crippen molar-refractivity contribution < 1.29 is 14.3 Å². The number of carbonyl (C=O) groups excluding carboxylic acids is 2. The van der Waals surface area contributed by atoms with E-state index in [1.54, 1.807) is 24.3 Å². The number of thioether (sulfide) groups is 1. The van der Waals surface area contributed by atoms with Crippen molar-refractivity contribution in [3.63, 3.8) is 0 Å². The zero-order valence-corrected chi connectivity index (χ0v) is 8.54. The second kappa shape index (κ2) is 5.44. The summed E-state index contributed by atoms with van der Waals surface area (Å²) >= 11 is 0.972. The average Bonchev–Trinajstić information content (AvgIpc) is 2.18. The zero-order valence-electron chi connectivity index (χ0n) is 7.73. The Morgan fingerprint density at radius 3 is 2.50 bits per heavy atom. The molecule has 0 aromatic heterocycles. The Bertz CT molecular complexity index is 321. The fourth-order valence-corrected chi connectivity index (χ4v) is 1.16. The van der Waals surface area contributed by atoms with Crippen LogP contribution in [0.3, 0.4) is 0 Å². The summed E-state index contributed by atoms with van der Waals surface area (Å²) in [5.41, 5.74) is 0.497. The van der Waals surface area contributed by atoms with Gasteiger partial charge in [0, 0.05) is 6.92 Å². The number of hydrogen-bond donors (Lipinski definition) is 0. The highest BCUT2D eigenvalue weighted by atomic mass is 32.2. The first-order chi connectivity index (χ1) is 6.70. The largest absolute Gasteiger partial charge is 0.451 e. The molecule has 0 heterocycles. The summed E-state index contributed by atoms with van der Waals surface area (Å²) in [5.74, 6) is -0.331. The third kappa shape index (κ3) is 3.62. The molecule has 1 aromatic rings. The minimum Gasteiger partial charge on any atom is -0.451 e. The van der Waals surface area contributed by atoms with Gasteiger partial charge in [0.1, 0.15) is 5.94 Å². The molecule has 0 amide bonds. The SMILES string of the molecule is CC(=O)SCOC(=O)c1ccccc1. The number of hydrogen-bond acceptors (Lipinski definition) is 4. The Kier molecular flexibility index (Phi) is 4.19. The predicted molar refractivity (Wildman–Crippen MR) is 55.0 cm³/mol. The van der Waals surface area contributed by atoms with Gasteiger partial charge in [0.25, 0.3) is 0 Å². The van der Waals surface area contributed by atoms with E-state index in [0.717, 1.165) is 11.8 Å². The number of carbonyl (C=O) groups is 2. The highest BCUT2D eigenvalue weighted by Gasteiger charge is 2.05. The molecule has 74 valence electrons. The van der Waals surface area contributed by atoms with Crippen LogP contribution < -0.4 is 0 Å². The van der Waals surface area contributed by atoms with Crippen LogP contribution >= 0.6 is 11.8 Å². The molecule has 0 saturated carbocycles. The summed E-state index contributed by atoms with van der Waals surface area (Å²) in [6.07, 6.45) is 0. The van der Waals surface area contributed by atoms with Crippen LogP contribution in [0.2, 0.25) is 0 Å². The molecule has 0 fully saturated rings. The van der Waals surface area contributed by atoms with Crippen LogP contribution in [0.5, 0.6) is 0 Å². The minimum absolute atomic E-state index is 0.0640. The van der Waals surface area contributed by atoms with E-state index in [1.807, 2.05) is 6.07 Å². The van der Waals surface area contributed by atoms with Crippen LogP contribution in [0.1, 0.15) is 17.3 Å². The number of rotatable bonds is 3. The molecule has 0 aliphatic heterocycles. The molecule has 1 aromatic carbocycles. The Hall–Kier alpha value is -1.29. The molecule has 0 spiro atoms. The summed E-state index contributed by atoms with van der Waals surface area (Å²) in [7, 11) is 0. The van der Waals surface area contributed by atoms with Gasteiger partial charge >= 0.3 is 5.97 Å². The van der Waals surface area contributed by atoms with Crippen molar-refractivity contribution in [1.82, 2.24) is 0 Å². The third-order valence-electron chi connectivity index (χ3n) is 1.46. The van der Waals surface area contributed by atoms with Gasteiger partial charge in [-0.2, -0.15) is 0 Å². The predicted octanol–water partition coefficient (Wildman–Crippen LogP) is 2.08. The zero-order chi connectivity index (χ0) is 10.4. The van der Waals surface area contributed by atoms with E-state index < -0.39 is 5.97 Å². The molecule has 0 bridgehead atoms. The van der Waals surface area contributed by atoms with Gasteiger partial charge in [0.05, 0.1) is 5.56 Å². The lowest BCUT2D eigenvalue weighted by atomic mass is 10.2. The molecule has 14 heavy (non-hydrogen) atoms. The van der Waals surface area contributed by atoms with Gasteiger partial charge in [-0.3, -0.25) is 4.79 Å². The first-order valence-corrected chi connectivity index (χ1v) is 5.04. The van der Waals surface area contributed by atoms with Gasteiger partial charge in [-0.1, -0.05) is 18.2 Å². The average molecular weight is 210 g/mol. The van der Waals surface area contributed by atoms with Crippen LogP contribution in [0, 0.1) is 0 Å². The van der Waals surface area contributed by atoms with Crippen LogP contribution in [0.4, 0.5) is 0 Å². The fraction of sp³-hybridized carbons (Fsp3) is 0.200. The van der Waals surface area contributed by atoms with E-state index in [1.165, 1.54) is 6.92 Å². The van der Waals surface area contributed by atoms with Gasteiger partial charge < -0.3 is 4.74 Å². The van der Waals surface area contributed by atoms with Crippen molar-refractivity contribution in [3.05, 3.63) is 35.9 Å². The molecule has 0 aliphatic rings. The van der Waals surface area contributed by atoms with Gasteiger partial charge in [-0.25, -0.2) is 4.79 Å². The Morgan fingerprint density at radius 1 is 1.29 bits per heavy atom. The van der Waals surface area contributed by atoms with E-state index >= 15 is 0 Å². The van der Waals surface area contributed by atoms with Crippen LogP contribution in [-0.2, 0) is 9.53 Å². The standard InChI is InChI=1S/C10H10O3S/c1-8(11)14-7-13-10(12)9-5-3-2-4-6-9/h2-6H,7H2,1H3. The molecular weight excluding hydrogens is 200 g/mol. The van der Waals surface area contributed by atoms with Crippen molar-refractivity contribution in [2.24, 2.45) is 0 Å². The van der Waals surface area contributed by atoms with Crippen molar-refractivity contribution in [3.8, 4) is 0 Å². The van der Waals surface area contributed by atoms with Crippen LogP contribution in [-0.4, -0.2) is 17.0 Å². The van der Waals surface area contributed by atoms with Crippen molar-refractivity contribution in [2.75, 3.05) is 5.94 Å². The quantitative estimate of drug-likeness (QED) is 0.566. The van der Waals surface area contributed by atoms with E-state index in [4.69, 9.17) is 4.74 Å². The maximum atomic E-state index is 11.3. The molecular formula is C10H10O3S. The molecule has 0 unspecified atom stereocenters. The first kappa shape index (κ1) is 10.8. The monoisotopic (exact) mass is 210 g/mol. The van der Waals surface area contributed by atoms with Crippen molar-refractivity contribution in [2.45, 2.75) is 6.92 Å². The molecule has 3 nitrogen and oxygen atoms in total. The van der Waals surface area contributed by atoms with Gasteiger partial charge in [-0.15, -0.1) is 0 Å². The Balaban J connectivity index is 2.40. The molecule has 0 radical (unpaired) electrons. The summed E-state index contributed by atoms with van der Waals surface area (Å²) in [5, 5.41) is -0.0640. The van der Waals surface area contributed by atoms with Gasteiger partial charge in [-0.05, 0) is 23.9 Å². The second-order valence-electron chi connectivity index (χ2n) is 2.55. The summed E-state index contributed by atoms with van der Waals surface area (Å²) in [6.45, 7) is 1.43. The second-order valence-corrected chi connectivity index (χ2v) is 3.65. The van der Waals surface area contributed by atoms with Gasteiger partial charge in [0.2, 0.25) is 0 Å². The number of esters is 1. The number of ether oxygens (including phenoxy) is 1. The number of benzene rings is 1. The van der Waals surface area contributed by atoms with Crippen molar-refractivity contribution in [1.29, 1.82) is 0 Å². The van der Waals surface area contributed by atoms with Gasteiger partial charge in [0.15, 0.2) is 5.12 Å². The normalized spacial score (nSPS) is 9.50. The van der Waals surface area contributed by atoms with Crippen LogP contribution in [0.15, 0.2) is 30.3 Å². The highest BCUT2D eigenvalue weighted by molar-refractivity contribution is 8.13. The smallest absolute Gasteiger partial charge is 0.338 e. The Labute approximate surface area is 86.5 Å². The molecule has 0 saturated heterocycles.